The molecule has 0 unspecified atom stereocenters. The summed E-state index contributed by atoms with van der Waals surface area (Å²) < 4.78 is 10.6. The van der Waals surface area contributed by atoms with E-state index in [9.17, 15) is 4.79 Å². The maximum atomic E-state index is 12.2. The molecule has 0 bridgehead atoms. The summed E-state index contributed by atoms with van der Waals surface area (Å²) in [4.78, 5) is 18.3. The summed E-state index contributed by atoms with van der Waals surface area (Å²) in [6.45, 7) is 0.0505. The molecule has 1 amide bonds. The molecule has 108 valence electrons. The molecule has 1 aromatic rings. The van der Waals surface area contributed by atoms with Gasteiger partial charge in [0.1, 0.15) is 11.4 Å². The fraction of sp³-hybridized carbons (Fsp3) is 0.571. The van der Waals surface area contributed by atoms with Gasteiger partial charge in [-0.2, -0.15) is 0 Å². The number of carbonyl (C=O) groups excluding carboxylic acids is 1. The summed E-state index contributed by atoms with van der Waals surface area (Å²) in [7, 11) is 1.58. The van der Waals surface area contributed by atoms with E-state index >= 15 is 0 Å². The van der Waals surface area contributed by atoms with Gasteiger partial charge < -0.3 is 20.1 Å². The van der Waals surface area contributed by atoms with Crippen LogP contribution < -0.4 is 20.1 Å². The lowest BCUT2D eigenvalue weighted by atomic mass is 9.90. The highest BCUT2D eigenvalue weighted by atomic mass is 16.5. The number of pyridine rings is 1. The number of ether oxygens (including phenoxy) is 2. The Morgan fingerprint density at radius 2 is 2.15 bits per heavy atom. The molecule has 1 fully saturated rings. The van der Waals surface area contributed by atoms with Crippen molar-refractivity contribution >= 4 is 11.6 Å². The van der Waals surface area contributed by atoms with Crippen molar-refractivity contribution in [2.45, 2.75) is 37.8 Å². The van der Waals surface area contributed by atoms with E-state index in [0.29, 0.717) is 17.3 Å². The quantitative estimate of drug-likeness (QED) is 0.875. The second-order valence-electron chi connectivity index (χ2n) is 5.32. The maximum absolute atomic E-state index is 12.2. The van der Waals surface area contributed by atoms with Crippen LogP contribution in [0.4, 0.5) is 5.69 Å². The van der Waals surface area contributed by atoms with E-state index < -0.39 is 0 Å². The van der Waals surface area contributed by atoms with Gasteiger partial charge in [-0.3, -0.25) is 4.79 Å². The molecular weight excluding hydrogens is 258 g/mol. The van der Waals surface area contributed by atoms with Crippen molar-refractivity contribution in [1.29, 1.82) is 0 Å². The van der Waals surface area contributed by atoms with Crippen molar-refractivity contribution in [2.75, 3.05) is 18.6 Å². The first-order valence-electron chi connectivity index (χ1n) is 6.93. The molecule has 0 aromatic carbocycles. The molecule has 1 aromatic heterocycles. The van der Waals surface area contributed by atoms with Crippen LogP contribution >= 0.6 is 0 Å². The zero-order valence-electron chi connectivity index (χ0n) is 11.5. The molecular formula is C14H19N3O3. The first-order valence-corrected chi connectivity index (χ1v) is 6.93. The maximum Gasteiger partial charge on any atom is 0.265 e. The summed E-state index contributed by atoms with van der Waals surface area (Å²) >= 11 is 0. The van der Waals surface area contributed by atoms with Gasteiger partial charge in [0.15, 0.2) is 6.61 Å². The van der Waals surface area contributed by atoms with Crippen molar-refractivity contribution < 1.29 is 14.3 Å². The summed E-state index contributed by atoms with van der Waals surface area (Å²) in [6.07, 6.45) is 5.33. The minimum Gasteiger partial charge on any atom is -0.495 e. The first-order chi connectivity index (χ1) is 9.69. The third kappa shape index (κ3) is 2.31. The monoisotopic (exact) mass is 277 g/mol. The molecule has 2 heterocycles. The number of carbonyl (C=O) groups is 1. The predicted molar refractivity (Wildman–Crippen MR) is 74.0 cm³/mol. The van der Waals surface area contributed by atoms with E-state index in [2.05, 4.69) is 4.98 Å². The van der Waals surface area contributed by atoms with Crippen molar-refractivity contribution in [3.63, 3.8) is 0 Å². The lowest BCUT2D eigenvalue weighted by molar-refractivity contribution is -0.122. The van der Waals surface area contributed by atoms with E-state index in [-0.39, 0.29) is 24.6 Å². The number of nitrogens with zero attached hydrogens (tertiary/aromatic N) is 2. The van der Waals surface area contributed by atoms with Gasteiger partial charge in [-0.25, -0.2) is 4.98 Å². The largest absolute Gasteiger partial charge is 0.495 e. The number of fused-ring (bicyclic) bond motifs is 1. The fourth-order valence-electron chi connectivity index (χ4n) is 2.91. The Kier molecular flexibility index (Phi) is 3.48. The van der Waals surface area contributed by atoms with Crippen molar-refractivity contribution in [3.05, 3.63) is 12.3 Å². The number of hydrogen-bond donors (Lipinski definition) is 1. The van der Waals surface area contributed by atoms with Crippen molar-refractivity contribution in [2.24, 2.45) is 5.73 Å². The first kappa shape index (κ1) is 13.2. The van der Waals surface area contributed by atoms with Crippen molar-refractivity contribution in [3.8, 4) is 11.6 Å². The molecule has 0 spiro atoms. The van der Waals surface area contributed by atoms with Gasteiger partial charge in [-0.1, -0.05) is 0 Å². The van der Waals surface area contributed by atoms with E-state index in [4.69, 9.17) is 15.2 Å². The average molecular weight is 277 g/mol. The summed E-state index contributed by atoms with van der Waals surface area (Å²) in [5.74, 6) is 1.10. The second kappa shape index (κ2) is 5.28. The Hall–Kier alpha value is -1.82. The normalized spacial score (nSPS) is 25.9. The summed E-state index contributed by atoms with van der Waals surface area (Å²) in [5, 5.41) is 0. The molecule has 1 aliphatic carbocycles. The average Bonchev–Trinajstić information content (AvgIpc) is 2.48. The molecule has 2 aliphatic rings. The van der Waals surface area contributed by atoms with Gasteiger partial charge in [-0.05, 0) is 25.7 Å². The molecule has 2 N–H and O–H groups in total. The van der Waals surface area contributed by atoms with Crippen LogP contribution in [0.5, 0.6) is 11.6 Å². The number of aromatic nitrogens is 1. The van der Waals surface area contributed by atoms with Gasteiger partial charge in [0.05, 0.1) is 13.3 Å². The summed E-state index contributed by atoms with van der Waals surface area (Å²) in [5.41, 5.74) is 6.65. The minimum absolute atomic E-state index is 0.0203. The minimum atomic E-state index is -0.0203. The zero-order valence-corrected chi connectivity index (χ0v) is 11.5. The Morgan fingerprint density at radius 1 is 1.40 bits per heavy atom. The molecule has 0 atom stereocenters. The van der Waals surface area contributed by atoms with Gasteiger partial charge in [-0.15, -0.1) is 0 Å². The lowest BCUT2D eigenvalue weighted by Crippen LogP contribution is -2.48. The number of methoxy groups -OCH3 is 1. The van der Waals surface area contributed by atoms with Gasteiger partial charge >= 0.3 is 0 Å². The highest BCUT2D eigenvalue weighted by Gasteiger charge is 2.34. The number of anilines is 1. The third-order valence-electron chi connectivity index (χ3n) is 4.01. The van der Waals surface area contributed by atoms with E-state index in [0.717, 1.165) is 25.7 Å². The highest BCUT2D eigenvalue weighted by Crippen LogP contribution is 2.37. The van der Waals surface area contributed by atoms with Crippen LogP contribution in [-0.2, 0) is 4.79 Å². The molecule has 20 heavy (non-hydrogen) atoms. The SMILES string of the molecule is COc1cnc2c(c1)N(C1CCC(N)CC1)C(=O)CO2. The van der Waals surface area contributed by atoms with E-state index in [1.165, 1.54) is 0 Å². The standard InChI is InChI=1S/C14H19N3O3/c1-19-11-6-12-14(16-7-11)20-8-13(18)17(12)10-4-2-9(15)3-5-10/h6-7,9-10H,2-5,8,15H2,1H3. The number of nitrogens with two attached hydrogens (primary N) is 1. The van der Waals surface area contributed by atoms with Gasteiger partial charge in [0.2, 0.25) is 5.88 Å². The third-order valence-corrected chi connectivity index (χ3v) is 4.01. The van der Waals surface area contributed by atoms with Crippen LogP contribution in [0.25, 0.3) is 0 Å². The topological polar surface area (TPSA) is 77.7 Å². The molecule has 6 heteroatoms. The molecule has 1 aliphatic heterocycles. The van der Waals surface area contributed by atoms with Crippen LogP contribution in [0.15, 0.2) is 12.3 Å². The Morgan fingerprint density at radius 3 is 2.85 bits per heavy atom. The Balaban J connectivity index is 1.92. The number of amides is 1. The zero-order chi connectivity index (χ0) is 14.1. The van der Waals surface area contributed by atoms with E-state index in [1.54, 1.807) is 13.3 Å². The van der Waals surface area contributed by atoms with Crippen LogP contribution in [0, 0.1) is 0 Å². The van der Waals surface area contributed by atoms with Crippen LogP contribution in [0.3, 0.4) is 0 Å². The van der Waals surface area contributed by atoms with Gasteiger partial charge in [0, 0.05) is 18.2 Å². The molecule has 0 radical (unpaired) electrons. The second-order valence-corrected chi connectivity index (χ2v) is 5.32. The van der Waals surface area contributed by atoms with Crippen LogP contribution in [0.1, 0.15) is 25.7 Å². The molecule has 1 saturated carbocycles. The van der Waals surface area contributed by atoms with Crippen molar-refractivity contribution in [1.82, 2.24) is 4.98 Å². The number of rotatable bonds is 2. The Bertz CT molecular complexity index is 512. The molecule has 0 saturated heterocycles. The van der Waals surface area contributed by atoms with E-state index in [1.807, 2.05) is 11.0 Å². The Labute approximate surface area is 117 Å². The smallest absolute Gasteiger partial charge is 0.265 e. The molecule has 6 nitrogen and oxygen atoms in total. The lowest BCUT2D eigenvalue weighted by Gasteiger charge is -2.38. The highest BCUT2D eigenvalue weighted by molar-refractivity contribution is 5.98. The summed E-state index contributed by atoms with van der Waals surface area (Å²) in [6, 6.07) is 2.25. The van der Waals surface area contributed by atoms with Crippen LogP contribution in [-0.4, -0.2) is 36.7 Å². The van der Waals surface area contributed by atoms with Gasteiger partial charge in [0.25, 0.3) is 5.91 Å². The predicted octanol–water partition coefficient (Wildman–Crippen LogP) is 1.09. The molecule has 3 rings (SSSR count). The fourth-order valence-corrected chi connectivity index (χ4v) is 2.91. The van der Waals surface area contributed by atoms with Crippen LogP contribution in [0.2, 0.25) is 0 Å². The number of hydrogen-bond acceptors (Lipinski definition) is 5.